The molecule has 0 unspecified atom stereocenters. The largest absolute Gasteiger partial charge is 0.245 e. The second-order valence-corrected chi connectivity index (χ2v) is 9.94. The molecule has 0 aliphatic carbocycles. The summed E-state index contributed by atoms with van der Waals surface area (Å²) in [6, 6.07) is 22.7. The van der Waals surface area contributed by atoms with Gasteiger partial charge in [-0.25, -0.2) is 9.48 Å². The molecule has 4 rings (SSSR count). The van der Waals surface area contributed by atoms with Crippen LogP contribution in [0.4, 0.5) is 11.4 Å². The van der Waals surface area contributed by atoms with E-state index in [1.165, 1.54) is 44.8 Å². The maximum atomic E-state index is 2.51. The minimum Gasteiger partial charge on any atom is -0.228 e. The monoisotopic (exact) mass is 425 g/mol. The number of nitrogens with zero attached hydrogens (tertiary/aromatic N) is 2. The van der Waals surface area contributed by atoms with E-state index >= 15 is 0 Å². The van der Waals surface area contributed by atoms with E-state index in [4.69, 9.17) is 0 Å². The highest BCUT2D eigenvalue weighted by Gasteiger charge is 2.38. The zero-order valence-corrected chi connectivity index (χ0v) is 20.7. The number of aryl methyl sites for hydroxylation is 3. The number of hydrogen-bond acceptors (Lipinski definition) is 1. The molecule has 3 aromatic carbocycles. The van der Waals surface area contributed by atoms with Crippen LogP contribution in [0.25, 0.3) is 0 Å². The van der Waals surface area contributed by atoms with Crippen molar-refractivity contribution in [3.05, 3.63) is 94.0 Å². The van der Waals surface area contributed by atoms with E-state index in [-0.39, 0.29) is 6.04 Å². The van der Waals surface area contributed by atoms with Crippen molar-refractivity contribution in [2.45, 2.75) is 66.3 Å². The molecule has 3 aromatic rings. The van der Waals surface area contributed by atoms with Gasteiger partial charge in [-0.05, 0) is 43.7 Å². The standard InChI is InChI=1S/C30H37N2/c1-20(2)26-14-11-15-27(21(3)4)30(26)31-18-28(25-12-9-8-10-13-25)32(19-31)29-23(6)16-22(5)17-24(29)7/h8-17,19-21,28H,18H2,1-7H3/q+1/t28-/m1/s1. The third-order valence-electron chi connectivity index (χ3n) is 6.68. The highest BCUT2D eigenvalue weighted by molar-refractivity contribution is 5.83. The summed E-state index contributed by atoms with van der Waals surface area (Å²) in [4.78, 5) is 2.51. The SMILES string of the molecule is Cc1cc(C)c(N2C=[N+](c3c(C(C)C)cccc3C(C)C)C[C@@H]2c2ccccc2)c(C)c1. The summed E-state index contributed by atoms with van der Waals surface area (Å²) in [5.41, 5.74) is 10.9. The van der Waals surface area contributed by atoms with Crippen LogP contribution in [-0.4, -0.2) is 17.5 Å². The van der Waals surface area contributed by atoms with Gasteiger partial charge in [-0.1, -0.05) is 93.9 Å². The Morgan fingerprint density at radius 1 is 0.781 bits per heavy atom. The predicted octanol–water partition coefficient (Wildman–Crippen LogP) is 7.79. The highest BCUT2D eigenvalue weighted by atomic mass is 15.3. The minimum absolute atomic E-state index is 0.275. The fraction of sp³-hybridized carbons (Fsp3) is 0.367. The van der Waals surface area contributed by atoms with Crippen molar-refractivity contribution < 1.29 is 4.58 Å². The molecule has 0 bridgehead atoms. The van der Waals surface area contributed by atoms with Gasteiger partial charge in [0, 0.05) is 16.7 Å². The van der Waals surface area contributed by atoms with Gasteiger partial charge in [0.2, 0.25) is 6.34 Å². The smallest absolute Gasteiger partial charge is 0.228 e. The molecule has 1 atom stereocenters. The van der Waals surface area contributed by atoms with Crippen LogP contribution < -0.4 is 4.90 Å². The molecule has 0 radical (unpaired) electrons. The van der Waals surface area contributed by atoms with Gasteiger partial charge in [-0.2, -0.15) is 0 Å². The summed E-state index contributed by atoms with van der Waals surface area (Å²) in [5, 5.41) is 0. The Kier molecular flexibility index (Phi) is 6.24. The molecule has 0 fully saturated rings. The van der Waals surface area contributed by atoms with E-state index in [2.05, 4.69) is 125 Å². The number of rotatable bonds is 5. The summed E-state index contributed by atoms with van der Waals surface area (Å²) in [7, 11) is 0. The zero-order valence-electron chi connectivity index (χ0n) is 20.7. The molecule has 0 saturated carbocycles. The first-order valence-corrected chi connectivity index (χ1v) is 11.9. The summed E-state index contributed by atoms with van der Waals surface area (Å²) in [6.45, 7) is 16.8. The molecule has 2 heteroatoms. The first kappa shape index (κ1) is 22.3. The number of benzene rings is 3. The van der Waals surface area contributed by atoms with Crippen LogP contribution in [0.2, 0.25) is 0 Å². The molecule has 0 spiro atoms. The third-order valence-corrected chi connectivity index (χ3v) is 6.68. The number of hydrogen-bond donors (Lipinski definition) is 0. The summed E-state index contributed by atoms with van der Waals surface area (Å²) in [5.74, 6) is 0.952. The van der Waals surface area contributed by atoms with E-state index in [9.17, 15) is 0 Å². The molecule has 0 aromatic heterocycles. The molecular formula is C30H37N2+. The van der Waals surface area contributed by atoms with Crippen molar-refractivity contribution in [2.75, 3.05) is 11.4 Å². The van der Waals surface area contributed by atoms with Crippen molar-refractivity contribution in [1.82, 2.24) is 0 Å². The van der Waals surface area contributed by atoms with E-state index in [1.807, 2.05) is 0 Å². The molecule has 1 aliphatic heterocycles. The van der Waals surface area contributed by atoms with Crippen LogP contribution in [0.3, 0.4) is 0 Å². The highest BCUT2D eigenvalue weighted by Crippen LogP contribution is 2.40. The normalized spacial score (nSPS) is 16.2. The lowest BCUT2D eigenvalue weighted by molar-refractivity contribution is -0.430. The van der Waals surface area contributed by atoms with Crippen LogP contribution in [0.5, 0.6) is 0 Å². The molecular weight excluding hydrogens is 388 g/mol. The second kappa shape index (κ2) is 8.94. The quantitative estimate of drug-likeness (QED) is 0.378. The van der Waals surface area contributed by atoms with Crippen LogP contribution in [0.1, 0.15) is 79.0 Å². The maximum Gasteiger partial charge on any atom is 0.245 e. The minimum atomic E-state index is 0.275. The topological polar surface area (TPSA) is 6.25 Å². The van der Waals surface area contributed by atoms with Gasteiger partial charge in [0.25, 0.3) is 0 Å². The van der Waals surface area contributed by atoms with Crippen LogP contribution in [0, 0.1) is 20.8 Å². The van der Waals surface area contributed by atoms with Crippen LogP contribution in [-0.2, 0) is 0 Å². The van der Waals surface area contributed by atoms with Crippen molar-refractivity contribution in [2.24, 2.45) is 0 Å². The molecule has 32 heavy (non-hydrogen) atoms. The summed E-state index contributed by atoms with van der Waals surface area (Å²) >= 11 is 0. The Morgan fingerprint density at radius 3 is 1.88 bits per heavy atom. The van der Waals surface area contributed by atoms with E-state index in [1.54, 1.807) is 0 Å². The van der Waals surface area contributed by atoms with Gasteiger partial charge in [-0.3, -0.25) is 0 Å². The fourth-order valence-electron chi connectivity index (χ4n) is 5.28. The molecule has 0 amide bonds. The van der Waals surface area contributed by atoms with Crippen LogP contribution >= 0.6 is 0 Å². The average Bonchev–Trinajstić information content (AvgIpc) is 3.17. The number of anilines is 1. The van der Waals surface area contributed by atoms with E-state index < -0.39 is 0 Å². The summed E-state index contributed by atoms with van der Waals surface area (Å²) in [6.07, 6.45) is 2.37. The van der Waals surface area contributed by atoms with Gasteiger partial charge in [0.15, 0.2) is 6.04 Å². The molecule has 1 heterocycles. The maximum absolute atomic E-state index is 2.51. The Labute approximate surface area is 194 Å². The van der Waals surface area contributed by atoms with Gasteiger partial charge in [0.1, 0.15) is 17.9 Å². The van der Waals surface area contributed by atoms with Crippen molar-refractivity contribution in [3.8, 4) is 0 Å². The average molecular weight is 426 g/mol. The van der Waals surface area contributed by atoms with Crippen molar-refractivity contribution in [1.29, 1.82) is 0 Å². The first-order valence-electron chi connectivity index (χ1n) is 11.9. The first-order chi connectivity index (χ1) is 15.3. The lowest BCUT2D eigenvalue weighted by Gasteiger charge is -2.21. The Balaban J connectivity index is 1.92. The number of para-hydroxylation sites is 1. The van der Waals surface area contributed by atoms with Gasteiger partial charge in [-0.15, -0.1) is 0 Å². The van der Waals surface area contributed by atoms with E-state index in [0.29, 0.717) is 11.8 Å². The molecule has 1 aliphatic rings. The lowest BCUT2D eigenvalue weighted by atomic mass is 9.92. The Bertz CT molecular complexity index is 1090. The lowest BCUT2D eigenvalue weighted by Crippen LogP contribution is -2.25. The Morgan fingerprint density at radius 2 is 1.34 bits per heavy atom. The Hall–Kier alpha value is -2.87. The molecule has 166 valence electrons. The second-order valence-electron chi connectivity index (χ2n) is 9.94. The van der Waals surface area contributed by atoms with Gasteiger partial charge >= 0.3 is 0 Å². The zero-order chi connectivity index (χ0) is 23.0. The van der Waals surface area contributed by atoms with Gasteiger partial charge in [0.05, 0.1) is 0 Å². The molecule has 0 N–H and O–H groups in total. The van der Waals surface area contributed by atoms with E-state index in [0.717, 1.165) is 6.54 Å². The summed E-state index contributed by atoms with van der Waals surface area (Å²) < 4.78 is 2.51. The predicted molar refractivity (Wildman–Crippen MR) is 138 cm³/mol. The molecule has 2 nitrogen and oxygen atoms in total. The molecule has 0 saturated heterocycles. The third kappa shape index (κ3) is 4.11. The van der Waals surface area contributed by atoms with Crippen LogP contribution in [0.15, 0.2) is 60.7 Å². The fourth-order valence-corrected chi connectivity index (χ4v) is 5.28. The van der Waals surface area contributed by atoms with Crippen molar-refractivity contribution >= 4 is 17.7 Å². The van der Waals surface area contributed by atoms with Gasteiger partial charge < -0.3 is 0 Å². The van der Waals surface area contributed by atoms with Crippen molar-refractivity contribution in [3.63, 3.8) is 0 Å².